The summed E-state index contributed by atoms with van der Waals surface area (Å²) in [5.74, 6) is -1.41. The molecule has 0 bridgehead atoms. The quantitative estimate of drug-likeness (QED) is 0.0483. The predicted octanol–water partition coefficient (Wildman–Crippen LogP) is 10.3. The van der Waals surface area contributed by atoms with Crippen LogP contribution in [0.2, 0.25) is 5.02 Å². The van der Waals surface area contributed by atoms with Gasteiger partial charge in [-0.2, -0.15) is 13.2 Å². The lowest BCUT2D eigenvalue weighted by Gasteiger charge is -2.37. The lowest BCUT2D eigenvalue weighted by molar-refractivity contribution is -0.143. The molecule has 404 valence electrons. The molecule has 1 aromatic heterocycles. The van der Waals surface area contributed by atoms with E-state index in [1.807, 2.05) is 51.2 Å². The summed E-state index contributed by atoms with van der Waals surface area (Å²) in [7, 11) is -15.3. The van der Waals surface area contributed by atoms with Gasteiger partial charge >= 0.3 is 11.5 Å². The van der Waals surface area contributed by atoms with Crippen LogP contribution in [0.4, 0.5) is 40.3 Å². The molecule has 14 nitrogen and oxygen atoms in total. The molecule has 5 aromatic rings. The largest absolute Gasteiger partial charge is 0.501 e. The number of carboxylic acids is 1. The van der Waals surface area contributed by atoms with E-state index in [0.29, 0.717) is 121 Å². The van der Waals surface area contributed by atoms with E-state index in [2.05, 4.69) is 14.9 Å². The van der Waals surface area contributed by atoms with E-state index in [9.17, 15) is 48.3 Å². The molecular formula is C52H59ClF4N6O8S4. The minimum atomic E-state index is -6.06. The maximum atomic E-state index is 15.8. The van der Waals surface area contributed by atoms with Crippen molar-refractivity contribution in [1.82, 2.24) is 9.47 Å². The van der Waals surface area contributed by atoms with Gasteiger partial charge in [0.1, 0.15) is 10.7 Å². The predicted molar refractivity (Wildman–Crippen MR) is 291 cm³/mol. The second-order valence-corrected chi connectivity index (χ2v) is 27.2. The smallest absolute Gasteiger partial charge is 0.481 e. The first-order valence-electron chi connectivity index (χ1n) is 24.2. The first kappa shape index (κ1) is 55.7. The van der Waals surface area contributed by atoms with E-state index in [4.69, 9.17) is 11.6 Å². The number of hydrogen-bond donors (Lipinski definition) is 4. The van der Waals surface area contributed by atoms with Gasteiger partial charge < -0.3 is 29.7 Å². The molecule has 2 fully saturated rings. The van der Waals surface area contributed by atoms with Crippen LogP contribution in [0.15, 0.2) is 123 Å². The van der Waals surface area contributed by atoms with Crippen molar-refractivity contribution >= 4 is 80.9 Å². The Balaban J connectivity index is 0.980. The zero-order valence-electron chi connectivity index (χ0n) is 41.6. The summed E-state index contributed by atoms with van der Waals surface area (Å²) in [6.45, 7) is 8.95. The topological polar surface area (TPSA) is 178 Å². The number of likely N-dealkylation sites (tertiary alicyclic amines) is 1. The number of benzene rings is 4. The molecule has 0 amide bonds. The maximum Gasteiger partial charge on any atom is 0.501 e. The minimum absolute atomic E-state index is 0.0625. The van der Waals surface area contributed by atoms with Crippen molar-refractivity contribution in [1.29, 1.82) is 0 Å². The van der Waals surface area contributed by atoms with Gasteiger partial charge in [0, 0.05) is 90.2 Å². The average Bonchev–Trinajstić information content (AvgIpc) is 3.99. The molecule has 8 rings (SSSR count). The number of sulfone groups is 2. The van der Waals surface area contributed by atoms with Crippen molar-refractivity contribution in [2.24, 2.45) is 5.92 Å². The summed E-state index contributed by atoms with van der Waals surface area (Å²) in [5.41, 5.74) is -2.19. The van der Waals surface area contributed by atoms with Crippen LogP contribution >= 0.6 is 22.5 Å². The van der Waals surface area contributed by atoms with Gasteiger partial charge in [-0.1, -0.05) is 35.9 Å². The van der Waals surface area contributed by atoms with Crippen LogP contribution in [0.1, 0.15) is 44.8 Å². The van der Waals surface area contributed by atoms with Crippen LogP contribution in [0.3, 0.4) is 0 Å². The number of nitrogens with one attached hydrogen (secondary N) is 2. The number of thiol groups is 1. The highest BCUT2D eigenvalue weighted by molar-refractivity contribution is 8.22. The molecule has 0 radical (unpaired) electrons. The molecule has 4 aromatic carbocycles. The minimum Gasteiger partial charge on any atom is -0.481 e. The van der Waals surface area contributed by atoms with E-state index in [1.54, 1.807) is 49.4 Å². The Hall–Kier alpha value is -5.52. The molecule has 3 N–H and O–H groups in total. The first-order valence-corrected chi connectivity index (χ1v) is 31.1. The molecule has 1 atom stereocenters. The highest BCUT2D eigenvalue weighted by Crippen LogP contribution is 2.45. The Morgan fingerprint density at radius 1 is 0.813 bits per heavy atom. The summed E-state index contributed by atoms with van der Waals surface area (Å²) >= 11 is 6.24. The summed E-state index contributed by atoms with van der Waals surface area (Å²) in [5, 5.41) is 16.9. The Morgan fingerprint density at radius 3 is 2.00 bits per heavy atom. The second-order valence-electron chi connectivity index (χ2n) is 19.3. The van der Waals surface area contributed by atoms with Crippen molar-refractivity contribution < 1.29 is 52.7 Å². The van der Waals surface area contributed by atoms with E-state index < -0.39 is 85.3 Å². The summed E-state index contributed by atoms with van der Waals surface area (Å²) in [6, 6.07) is 19.8. The standard InChI is InChI=1S/C52H59ClF4N6O8S4/c1-34(2)63-35(3)50(73(4,66)67)48(49(63)36-7-9-39(53)10-8-36)38-29-40(54)31-44(30-38)62-25-23-61(24-26-62)43-13-11-41(12-14-43)59-75(70,71)45-15-16-46(47(32-45)74(68,69)52(55,56)57)58-42(33-72-27-5-6-28-72)19-22-60-20-17-37(18-21-60)51(64)65/h5-16,27-32,34,37,42,58-59,72H,17-26,33H2,1-4H3,(H,64,65). The van der Waals surface area contributed by atoms with Gasteiger partial charge in [0.05, 0.1) is 27.1 Å². The molecular weight excluding hydrogens is 1080 g/mol. The SMILES string of the molecule is Cc1c(S(C)(=O)=O)c(-c2cc(F)cc(N3CCN(c4ccc(NS(=O)(=O)c5ccc(NC(CCN6CCC(C(=O)O)CC6)C[SH]6C=CC=C6)c(S(=O)(=O)C(F)(F)F)c5)cc4)CC3)c2)c(-c2ccc(Cl)cc2)n1C(C)C. The monoisotopic (exact) mass is 1130 g/mol. The molecule has 0 aliphatic carbocycles. The third-order valence-electron chi connectivity index (χ3n) is 13.7. The molecule has 0 spiro atoms. The third kappa shape index (κ3) is 12.5. The Bertz CT molecular complexity index is 3330. The molecule has 4 heterocycles. The number of hydrogen-bond acceptors (Lipinski definition) is 11. The van der Waals surface area contributed by atoms with Crippen LogP contribution in [0.25, 0.3) is 22.4 Å². The summed E-state index contributed by atoms with van der Waals surface area (Å²) in [4.78, 5) is 15.7. The fraction of sp³-hybridized carbons (Fsp3) is 0.365. The normalized spacial score (nSPS) is 17.0. The number of allylic oxidation sites excluding steroid dienone is 2. The highest BCUT2D eigenvalue weighted by atomic mass is 35.5. The van der Waals surface area contributed by atoms with Gasteiger partial charge in [-0.15, -0.1) is 0 Å². The van der Waals surface area contributed by atoms with Crippen molar-refractivity contribution in [3.8, 4) is 22.4 Å². The highest BCUT2D eigenvalue weighted by Gasteiger charge is 2.48. The van der Waals surface area contributed by atoms with Crippen molar-refractivity contribution in [2.45, 2.75) is 72.3 Å². The number of nitrogens with zero attached hydrogens (tertiary/aromatic N) is 4. The number of piperidine rings is 1. The van der Waals surface area contributed by atoms with Gasteiger partial charge in [-0.05, 0) is 148 Å². The number of halogens is 5. The van der Waals surface area contributed by atoms with E-state index in [1.165, 1.54) is 24.3 Å². The fourth-order valence-electron chi connectivity index (χ4n) is 10.1. The number of alkyl halides is 3. The fourth-order valence-corrected chi connectivity index (χ4v) is 15.3. The van der Waals surface area contributed by atoms with Gasteiger partial charge in [0.15, 0.2) is 9.84 Å². The summed E-state index contributed by atoms with van der Waals surface area (Å²) < 4.78 is 144. The van der Waals surface area contributed by atoms with E-state index in [0.717, 1.165) is 18.4 Å². The average molecular weight is 1140 g/mol. The van der Waals surface area contributed by atoms with Crippen molar-refractivity contribution in [3.05, 3.63) is 124 Å². The molecule has 75 heavy (non-hydrogen) atoms. The Kier molecular flexibility index (Phi) is 16.5. The molecule has 3 aliphatic heterocycles. The molecule has 23 heteroatoms. The van der Waals surface area contributed by atoms with Crippen LogP contribution in [-0.4, -0.2) is 115 Å². The zero-order valence-corrected chi connectivity index (χ0v) is 45.7. The summed E-state index contributed by atoms with van der Waals surface area (Å²) in [6.07, 6.45) is 6.17. The molecule has 2 saturated heterocycles. The third-order valence-corrected chi connectivity index (χ3v) is 20.1. The van der Waals surface area contributed by atoms with Gasteiger partial charge in [0.2, 0.25) is 0 Å². The number of anilines is 4. The number of piperazine rings is 1. The lowest BCUT2D eigenvalue weighted by Crippen LogP contribution is -2.46. The van der Waals surface area contributed by atoms with Gasteiger partial charge in [0.25, 0.3) is 19.9 Å². The van der Waals surface area contributed by atoms with Gasteiger partial charge in [-0.3, -0.25) is 9.52 Å². The zero-order chi connectivity index (χ0) is 54.2. The lowest BCUT2D eigenvalue weighted by atomic mass is 9.97. The second kappa shape index (κ2) is 22.2. The number of carboxylic acid groups (broad SMARTS) is 1. The van der Waals surface area contributed by atoms with Crippen molar-refractivity contribution in [3.63, 3.8) is 0 Å². The number of carbonyl (C=O) groups is 1. The van der Waals surface area contributed by atoms with Crippen LogP contribution in [0, 0.1) is 18.7 Å². The van der Waals surface area contributed by atoms with Crippen LogP contribution in [0.5, 0.6) is 0 Å². The number of aromatic nitrogens is 1. The first-order chi connectivity index (χ1) is 35.3. The number of rotatable bonds is 18. The van der Waals surface area contributed by atoms with Crippen molar-refractivity contribution in [2.75, 3.05) is 77.7 Å². The van der Waals surface area contributed by atoms with E-state index >= 15 is 4.39 Å². The van der Waals surface area contributed by atoms with Crippen LogP contribution in [-0.2, 0) is 34.5 Å². The van der Waals surface area contributed by atoms with Gasteiger partial charge in [-0.25, -0.2) is 40.5 Å². The Morgan fingerprint density at radius 2 is 1.43 bits per heavy atom. The molecule has 0 saturated carbocycles. The molecule has 3 aliphatic rings. The molecule has 1 unspecified atom stereocenters. The number of sulfonamides is 1. The van der Waals surface area contributed by atoms with E-state index in [-0.39, 0.29) is 16.6 Å². The van der Waals surface area contributed by atoms with Crippen LogP contribution < -0.4 is 19.8 Å². The maximum absolute atomic E-state index is 15.8. The Labute approximate surface area is 443 Å². The number of aliphatic carboxylic acids is 1.